The number of benzene rings is 2. The van der Waals surface area contributed by atoms with Crippen molar-refractivity contribution in [1.82, 2.24) is 24.3 Å². The van der Waals surface area contributed by atoms with Crippen molar-refractivity contribution < 1.29 is 29.1 Å². The van der Waals surface area contributed by atoms with Gasteiger partial charge in [0.1, 0.15) is 6.54 Å². The second kappa shape index (κ2) is 19.7. The number of anilines is 1. The molecule has 1 aliphatic heterocycles. The van der Waals surface area contributed by atoms with E-state index in [1.54, 1.807) is 54.9 Å². The minimum absolute atomic E-state index is 0.0792. The van der Waals surface area contributed by atoms with E-state index < -0.39 is 5.91 Å². The lowest BCUT2D eigenvalue weighted by molar-refractivity contribution is -0.880. The zero-order chi connectivity index (χ0) is 39.5. The van der Waals surface area contributed by atoms with Gasteiger partial charge in [0.05, 0.1) is 49.3 Å². The normalized spacial score (nSPS) is 14.7. The molecule has 2 heterocycles. The molecule has 2 unspecified atom stereocenters. The van der Waals surface area contributed by atoms with Gasteiger partial charge in [-0.3, -0.25) is 14.4 Å². The average Bonchev–Trinajstić information content (AvgIpc) is 3.55. The first-order valence-corrected chi connectivity index (χ1v) is 18.9. The number of allylic oxidation sites excluding steroid dienone is 2. The molecule has 1 saturated heterocycles. The summed E-state index contributed by atoms with van der Waals surface area (Å²) in [6, 6.07) is 12.7. The highest BCUT2D eigenvalue weighted by Crippen LogP contribution is 2.28. The number of carbonyl (C=O) groups excluding carboxylic acids is 3. The maximum atomic E-state index is 13.5. The van der Waals surface area contributed by atoms with Crippen LogP contribution >= 0.6 is 11.6 Å². The Morgan fingerprint density at radius 3 is 2.33 bits per heavy atom. The molecule has 0 aliphatic carbocycles. The van der Waals surface area contributed by atoms with Crippen molar-refractivity contribution in [3.05, 3.63) is 76.3 Å². The fourth-order valence-electron chi connectivity index (χ4n) is 6.73. The van der Waals surface area contributed by atoms with E-state index in [4.69, 9.17) is 21.7 Å². The van der Waals surface area contributed by atoms with Crippen molar-refractivity contribution in [2.45, 2.75) is 33.6 Å². The fourth-order valence-corrected chi connectivity index (χ4v) is 6.99. The van der Waals surface area contributed by atoms with E-state index in [1.807, 2.05) is 57.1 Å². The minimum atomic E-state index is -0.428. The van der Waals surface area contributed by atoms with Crippen molar-refractivity contribution in [3.8, 4) is 11.3 Å². The van der Waals surface area contributed by atoms with Gasteiger partial charge in [0.25, 0.3) is 11.8 Å². The summed E-state index contributed by atoms with van der Waals surface area (Å²) >= 11 is 6.60. The van der Waals surface area contributed by atoms with Crippen LogP contribution in [0.4, 0.5) is 5.69 Å². The first-order chi connectivity index (χ1) is 25.8. The molecule has 3 aromatic rings. The summed E-state index contributed by atoms with van der Waals surface area (Å²) in [6.07, 6.45) is 3.15. The zero-order valence-corrected chi connectivity index (χ0v) is 33.4. The molecule has 13 nitrogen and oxygen atoms in total. The topological polar surface area (TPSA) is 149 Å². The standard InChI is InChI=1S/C40H55ClN8O5/c1-8-29(15-16-45(4)21-23-50)39(52)48-17-19-49(20-18-48)40(53)33-14-13-32(25-34(33)41)44-38(51)37-43-26-35(47(37)6)30-9-11-31(12-10-30)36(27(2)42)28(3)46(5)22-24-54-7/h9-14,25-26,29,42,50H,8,15-24H2,1-7H3,(H,44,51)/p+1/b36-28+,42-27?. The molecule has 3 amide bonds. The maximum absolute atomic E-state index is 13.5. The molecule has 4 rings (SSSR count). The zero-order valence-electron chi connectivity index (χ0n) is 32.7. The summed E-state index contributed by atoms with van der Waals surface area (Å²) in [4.78, 5) is 51.3. The number of quaternary nitrogens is 1. The molecule has 1 aliphatic rings. The Balaban J connectivity index is 1.37. The Morgan fingerprint density at radius 1 is 1.07 bits per heavy atom. The summed E-state index contributed by atoms with van der Waals surface area (Å²) in [5.74, 6) is -0.413. The number of aliphatic hydroxyl groups is 1. The molecule has 14 heteroatoms. The third-order valence-electron chi connectivity index (χ3n) is 10.2. The van der Waals surface area contributed by atoms with Crippen LogP contribution in [0, 0.1) is 11.3 Å². The highest BCUT2D eigenvalue weighted by Gasteiger charge is 2.30. The molecule has 4 N–H and O–H groups in total. The number of imidazole rings is 1. The summed E-state index contributed by atoms with van der Waals surface area (Å²) in [5.41, 5.74) is 5.57. The lowest BCUT2D eigenvalue weighted by Gasteiger charge is -2.36. The number of aromatic nitrogens is 2. The molecule has 2 atom stereocenters. The van der Waals surface area contributed by atoms with Crippen LogP contribution in [0.2, 0.25) is 5.02 Å². The Morgan fingerprint density at radius 2 is 1.74 bits per heavy atom. The average molecular weight is 764 g/mol. The summed E-state index contributed by atoms with van der Waals surface area (Å²) < 4.78 is 6.94. The van der Waals surface area contributed by atoms with Gasteiger partial charge in [-0.1, -0.05) is 42.8 Å². The third-order valence-corrected chi connectivity index (χ3v) is 10.5. The Bertz CT molecular complexity index is 1820. The van der Waals surface area contributed by atoms with E-state index in [9.17, 15) is 19.5 Å². The van der Waals surface area contributed by atoms with Gasteiger partial charge >= 0.3 is 0 Å². The van der Waals surface area contributed by atoms with Gasteiger partial charge in [-0.2, -0.15) is 0 Å². The van der Waals surface area contributed by atoms with E-state index in [1.165, 1.54) is 4.90 Å². The van der Waals surface area contributed by atoms with E-state index in [0.717, 1.165) is 47.5 Å². The summed E-state index contributed by atoms with van der Waals surface area (Å²) in [6.45, 7) is 10.4. The number of amides is 3. The van der Waals surface area contributed by atoms with Gasteiger partial charge in [0, 0.05) is 88.9 Å². The molecule has 0 saturated carbocycles. The molecule has 54 heavy (non-hydrogen) atoms. The van der Waals surface area contributed by atoms with E-state index >= 15 is 0 Å². The smallest absolute Gasteiger partial charge is 0.291 e. The largest absolute Gasteiger partial charge is 0.391 e. The number of likely N-dealkylation sites (N-methyl/N-ethyl adjacent to an activating group) is 2. The number of methoxy groups -OCH3 is 1. The second-order valence-corrected chi connectivity index (χ2v) is 14.4. The quantitative estimate of drug-likeness (QED) is 0.154. The van der Waals surface area contributed by atoms with Crippen molar-refractivity contribution in [1.29, 1.82) is 5.41 Å². The van der Waals surface area contributed by atoms with E-state index in [-0.39, 0.29) is 35.2 Å². The summed E-state index contributed by atoms with van der Waals surface area (Å²) in [5, 5.41) is 20.7. The Labute approximate surface area is 324 Å². The van der Waals surface area contributed by atoms with Gasteiger partial charge in [0.2, 0.25) is 5.91 Å². The number of hydrogen-bond donors (Lipinski definition) is 4. The molecule has 292 valence electrons. The van der Waals surface area contributed by atoms with Crippen LogP contribution in [-0.2, 0) is 16.6 Å². The van der Waals surface area contributed by atoms with Crippen LogP contribution in [0.15, 0.2) is 54.4 Å². The molecule has 0 spiro atoms. The van der Waals surface area contributed by atoms with Gasteiger partial charge in [0.15, 0.2) is 5.82 Å². The molecular weight excluding hydrogens is 708 g/mol. The SMILES string of the molecule is CCC(CC[NH+](C)CCO)C(=O)N1CCN(C(=O)c2ccc(NC(=O)c3ncc(-c4ccc(/C(C(C)=N)=C(\C)N(C)CCOC)cc4)n3C)cc2Cl)CC1. The first kappa shape index (κ1) is 42.2. The minimum Gasteiger partial charge on any atom is -0.391 e. The number of rotatable bonds is 17. The molecule has 1 fully saturated rings. The highest BCUT2D eigenvalue weighted by atomic mass is 35.5. The molecular formula is C40H56ClN8O5+. The highest BCUT2D eigenvalue weighted by molar-refractivity contribution is 6.34. The monoisotopic (exact) mass is 763 g/mol. The van der Waals surface area contributed by atoms with Crippen molar-refractivity contribution in [2.75, 3.05) is 85.5 Å². The van der Waals surface area contributed by atoms with E-state index in [2.05, 4.69) is 15.2 Å². The van der Waals surface area contributed by atoms with Crippen molar-refractivity contribution in [2.24, 2.45) is 13.0 Å². The number of hydrogen-bond acceptors (Lipinski definition) is 8. The first-order valence-electron chi connectivity index (χ1n) is 18.5. The van der Waals surface area contributed by atoms with Gasteiger partial charge in [-0.05, 0) is 49.6 Å². The van der Waals surface area contributed by atoms with Crippen LogP contribution in [0.3, 0.4) is 0 Å². The number of ether oxygens (including phenoxy) is 1. The van der Waals surface area contributed by atoms with Crippen LogP contribution in [0.5, 0.6) is 0 Å². The number of piperazine rings is 1. The van der Waals surface area contributed by atoms with Crippen LogP contribution < -0.4 is 10.2 Å². The van der Waals surface area contributed by atoms with Crippen LogP contribution in [0.25, 0.3) is 16.8 Å². The Hall–Kier alpha value is -4.56. The third kappa shape index (κ3) is 10.3. The van der Waals surface area contributed by atoms with Crippen LogP contribution in [-0.4, -0.2) is 133 Å². The molecule has 1 aromatic heterocycles. The van der Waals surface area contributed by atoms with Crippen LogP contribution in [0.1, 0.15) is 60.2 Å². The van der Waals surface area contributed by atoms with E-state index in [0.29, 0.717) is 62.8 Å². The number of aliphatic hydroxyl groups excluding tert-OH is 1. The van der Waals surface area contributed by atoms with Gasteiger partial charge < -0.3 is 44.7 Å². The maximum Gasteiger partial charge on any atom is 0.291 e. The second-order valence-electron chi connectivity index (χ2n) is 13.9. The summed E-state index contributed by atoms with van der Waals surface area (Å²) in [7, 11) is 7.44. The lowest BCUT2D eigenvalue weighted by Crippen LogP contribution is -3.09. The predicted molar refractivity (Wildman–Crippen MR) is 213 cm³/mol. The predicted octanol–water partition coefficient (Wildman–Crippen LogP) is 3.55. The number of halogens is 1. The molecule has 0 radical (unpaired) electrons. The Kier molecular flexibility index (Phi) is 15.4. The van der Waals surface area contributed by atoms with Crippen molar-refractivity contribution in [3.63, 3.8) is 0 Å². The molecule has 2 aromatic carbocycles. The fraction of sp³-hybridized carbons (Fsp3) is 0.475. The molecule has 0 bridgehead atoms. The van der Waals surface area contributed by atoms with Gasteiger partial charge in [-0.25, -0.2) is 4.98 Å². The number of nitrogens with one attached hydrogen (secondary N) is 3. The lowest BCUT2D eigenvalue weighted by atomic mass is 9.97. The van der Waals surface area contributed by atoms with Gasteiger partial charge in [-0.15, -0.1) is 0 Å². The number of carbonyl (C=O) groups is 3. The van der Waals surface area contributed by atoms with Crippen molar-refractivity contribution >= 4 is 46.3 Å². The number of nitrogens with zero attached hydrogens (tertiary/aromatic N) is 5.